The molecule has 21 heavy (non-hydrogen) atoms. The Morgan fingerprint density at radius 1 is 0.857 bits per heavy atom. The Hall–Kier alpha value is -2.36. The number of carbonyl (C=O) groups excluding carboxylic acids is 1. The van der Waals surface area contributed by atoms with Gasteiger partial charge < -0.3 is 10.6 Å². The van der Waals surface area contributed by atoms with Gasteiger partial charge in [-0.15, -0.1) is 0 Å². The molecule has 0 bridgehead atoms. The van der Waals surface area contributed by atoms with E-state index in [1.165, 1.54) is 12.1 Å². The second kappa shape index (κ2) is 6.88. The van der Waals surface area contributed by atoms with Crippen molar-refractivity contribution in [1.29, 1.82) is 0 Å². The highest BCUT2D eigenvalue weighted by molar-refractivity contribution is 5.74. The molecule has 2 N–H and O–H groups in total. The molecule has 4 heteroatoms. The fourth-order valence-electron chi connectivity index (χ4n) is 2.09. The van der Waals surface area contributed by atoms with Gasteiger partial charge in [-0.25, -0.2) is 9.18 Å². The Bertz CT molecular complexity index is 583. The van der Waals surface area contributed by atoms with Crippen LogP contribution in [0.25, 0.3) is 0 Å². The third kappa shape index (κ3) is 4.31. The van der Waals surface area contributed by atoms with E-state index in [4.69, 9.17) is 0 Å². The summed E-state index contributed by atoms with van der Waals surface area (Å²) in [6.45, 7) is 3.79. The quantitative estimate of drug-likeness (QED) is 0.878. The fourth-order valence-corrected chi connectivity index (χ4v) is 2.09. The van der Waals surface area contributed by atoms with Crippen molar-refractivity contribution in [2.75, 3.05) is 0 Å². The molecule has 2 rings (SSSR count). The summed E-state index contributed by atoms with van der Waals surface area (Å²) in [5.74, 6) is -0.284. The summed E-state index contributed by atoms with van der Waals surface area (Å²) in [5.41, 5.74) is 1.90. The number of urea groups is 1. The first-order valence-electron chi connectivity index (χ1n) is 6.93. The van der Waals surface area contributed by atoms with Gasteiger partial charge >= 0.3 is 6.03 Å². The molecule has 0 radical (unpaired) electrons. The van der Waals surface area contributed by atoms with E-state index < -0.39 is 0 Å². The van der Waals surface area contributed by atoms with Crippen LogP contribution in [0.4, 0.5) is 9.18 Å². The van der Waals surface area contributed by atoms with Crippen LogP contribution in [0.2, 0.25) is 0 Å². The molecule has 0 aromatic heterocycles. The first-order chi connectivity index (χ1) is 10.1. The Morgan fingerprint density at radius 2 is 1.33 bits per heavy atom. The van der Waals surface area contributed by atoms with E-state index in [1.54, 1.807) is 12.1 Å². The molecule has 0 heterocycles. The molecule has 2 amide bonds. The SMILES string of the molecule is C[C@@H](NC(=O)N[C@H](C)c1ccc(F)cc1)c1ccccc1. The van der Waals surface area contributed by atoms with Crippen molar-refractivity contribution in [3.63, 3.8) is 0 Å². The normalized spacial score (nSPS) is 13.3. The van der Waals surface area contributed by atoms with Gasteiger partial charge in [0, 0.05) is 0 Å². The summed E-state index contributed by atoms with van der Waals surface area (Å²) in [6.07, 6.45) is 0. The summed E-state index contributed by atoms with van der Waals surface area (Å²) in [4.78, 5) is 12.0. The van der Waals surface area contributed by atoms with Crippen LogP contribution in [0.5, 0.6) is 0 Å². The number of carbonyl (C=O) groups is 1. The summed E-state index contributed by atoms with van der Waals surface area (Å²) >= 11 is 0. The average Bonchev–Trinajstić information content (AvgIpc) is 2.48. The highest BCUT2D eigenvalue weighted by Gasteiger charge is 2.12. The molecule has 0 aliphatic carbocycles. The summed E-state index contributed by atoms with van der Waals surface area (Å²) in [5, 5.41) is 5.73. The molecule has 0 spiro atoms. The van der Waals surface area contributed by atoms with Gasteiger partial charge in [-0.3, -0.25) is 0 Å². The predicted molar refractivity (Wildman–Crippen MR) is 81.3 cm³/mol. The minimum Gasteiger partial charge on any atom is -0.332 e. The molecular formula is C17H19FN2O. The van der Waals surface area contributed by atoms with E-state index in [0.29, 0.717) is 0 Å². The van der Waals surface area contributed by atoms with Gasteiger partial charge in [-0.05, 0) is 37.1 Å². The number of hydrogen-bond acceptors (Lipinski definition) is 1. The van der Waals surface area contributed by atoms with E-state index in [0.717, 1.165) is 11.1 Å². The zero-order valence-electron chi connectivity index (χ0n) is 12.1. The van der Waals surface area contributed by atoms with Gasteiger partial charge in [0.15, 0.2) is 0 Å². The van der Waals surface area contributed by atoms with Gasteiger partial charge in [-0.2, -0.15) is 0 Å². The Morgan fingerprint density at radius 3 is 1.86 bits per heavy atom. The highest BCUT2D eigenvalue weighted by Crippen LogP contribution is 2.14. The topological polar surface area (TPSA) is 41.1 Å². The maximum atomic E-state index is 12.9. The lowest BCUT2D eigenvalue weighted by atomic mass is 10.1. The van der Waals surface area contributed by atoms with Crippen molar-refractivity contribution in [2.24, 2.45) is 0 Å². The predicted octanol–water partition coefficient (Wildman–Crippen LogP) is 3.95. The number of nitrogens with one attached hydrogen (secondary N) is 2. The third-order valence-electron chi connectivity index (χ3n) is 3.36. The second-order valence-electron chi connectivity index (χ2n) is 5.02. The lowest BCUT2D eigenvalue weighted by Crippen LogP contribution is -2.38. The lowest BCUT2D eigenvalue weighted by molar-refractivity contribution is 0.235. The minimum absolute atomic E-state index is 0.0772. The van der Waals surface area contributed by atoms with Crippen molar-refractivity contribution in [3.8, 4) is 0 Å². The number of hydrogen-bond donors (Lipinski definition) is 2. The third-order valence-corrected chi connectivity index (χ3v) is 3.36. The molecule has 2 atom stereocenters. The van der Waals surface area contributed by atoms with Gasteiger partial charge in [0.05, 0.1) is 12.1 Å². The second-order valence-corrected chi connectivity index (χ2v) is 5.02. The van der Waals surface area contributed by atoms with Crippen LogP contribution in [0, 0.1) is 5.82 Å². The molecule has 0 aliphatic rings. The van der Waals surface area contributed by atoms with Gasteiger partial charge in [0.25, 0.3) is 0 Å². The smallest absolute Gasteiger partial charge is 0.315 e. The minimum atomic E-state index is -0.284. The Kier molecular flexibility index (Phi) is 4.93. The first kappa shape index (κ1) is 15.0. The van der Waals surface area contributed by atoms with Crippen LogP contribution >= 0.6 is 0 Å². The van der Waals surface area contributed by atoms with E-state index in [9.17, 15) is 9.18 Å². The standard InChI is InChI=1S/C17H19FN2O/c1-12(14-6-4-3-5-7-14)19-17(21)20-13(2)15-8-10-16(18)11-9-15/h3-13H,1-2H3,(H2,19,20,21)/t12-,13-/m1/s1. The largest absolute Gasteiger partial charge is 0.332 e. The number of benzene rings is 2. The van der Waals surface area contributed by atoms with Gasteiger partial charge in [-0.1, -0.05) is 42.5 Å². The van der Waals surface area contributed by atoms with Crippen LogP contribution in [0.3, 0.4) is 0 Å². The molecule has 2 aromatic carbocycles. The van der Waals surface area contributed by atoms with Crippen LogP contribution in [-0.2, 0) is 0 Å². The number of rotatable bonds is 4. The average molecular weight is 286 g/mol. The van der Waals surface area contributed by atoms with Crippen LogP contribution in [0.1, 0.15) is 37.1 Å². The molecule has 0 unspecified atom stereocenters. The molecule has 0 saturated heterocycles. The maximum absolute atomic E-state index is 12.9. The van der Waals surface area contributed by atoms with Crippen LogP contribution in [-0.4, -0.2) is 6.03 Å². The van der Waals surface area contributed by atoms with E-state index >= 15 is 0 Å². The lowest BCUT2D eigenvalue weighted by Gasteiger charge is -2.18. The summed E-state index contributed by atoms with van der Waals surface area (Å²) in [7, 11) is 0. The fraction of sp³-hybridized carbons (Fsp3) is 0.235. The molecule has 0 saturated carbocycles. The summed E-state index contributed by atoms with van der Waals surface area (Å²) in [6, 6.07) is 15.3. The van der Waals surface area contributed by atoms with Crippen LogP contribution < -0.4 is 10.6 Å². The highest BCUT2D eigenvalue weighted by atomic mass is 19.1. The van der Waals surface area contributed by atoms with E-state index in [1.807, 2.05) is 44.2 Å². The number of amides is 2. The molecule has 0 aliphatic heterocycles. The van der Waals surface area contributed by atoms with Crippen molar-refractivity contribution >= 4 is 6.03 Å². The zero-order valence-corrected chi connectivity index (χ0v) is 12.1. The number of halogens is 1. The van der Waals surface area contributed by atoms with Gasteiger partial charge in [0.2, 0.25) is 0 Å². The van der Waals surface area contributed by atoms with E-state index in [2.05, 4.69) is 10.6 Å². The molecular weight excluding hydrogens is 267 g/mol. The van der Waals surface area contributed by atoms with Crippen molar-refractivity contribution < 1.29 is 9.18 Å². The monoisotopic (exact) mass is 286 g/mol. The van der Waals surface area contributed by atoms with Crippen LogP contribution in [0.15, 0.2) is 54.6 Å². The first-order valence-corrected chi connectivity index (χ1v) is 6.93. The molecule has 2 aromatic rings. The van der Waals surface area contributed by atoms with Crippen molar-refractivity contribution in [3.05, 3.63) is 71.5 Å². The van der Waals surface area contributed by atoms with Crippen molar-refractivity contribution in [2.45, 2.75) is 25.9 Å². The van der Waals surface area contributed by atoms with Crippen molar-refractivity contribution in [1.82, 2.24) is 10.6 Å². The Balaban J connectivity index is 1.91. The molecule has 3 nitrogen and oxygen atoms in total. The van der Waals surface area contributed by atoms with E-state index in [-0.39, 0.29) is 23.9 Å². The molecule has 110 valence electrons. The zero-order chi connectivity index (χ0) is 15.2. The summed E-state index contributed by atoms with van der Waals surface area (Å²) < 4.78 is 12.9. The maximum Gasteiger partial charge on any atom is 0.315 e. The molecule has 0 fully saturated rings. The van der Waals surface area contributed by atoms with Gasteiger partial charge in [0.1, 0.15) is 5.82 Å². The Labute approximate surface area is 124 Å².